The second kappa shape index (κ2) is 11.8. The monoisotopic (exact) mass is 540 g/mol. The molecule has 5 rings (SSSR count). The molecule has 4 aromatic carbocycles. The van der Waals surface area contributed by atoms with Gasteiger partial charge < -0.3 is 4.74 Å². The summed E-state index contributed by atoms with van der Waals surface area (Å²) in [7, 11) is 0. The molecule has 0 saturated heterocycles. The van der Waals surface area contributed by atoms with E-state index < -0.39 is 0 Å². The Bertz CT molecular complexity index is 1650. The molecule has 188 valence electrons. The molecule has 1 amide bonds. The molecule has 0 aliphatic heterocycles. The van der Waals surface area contributed by atoms with Crippen molar-refractivity contribution < 1.29 is 9.53 Å². The van der Waals surface area contributed by atoms with Crippen molar-refractivity contribution in [3.8, 4) is 17.2 Å². The van der Waals surface area contributed by atoms with Gasteiger partial charge in [-0.25, -0.2) is 10.4 Å². The molecule has 5 aromatic rings. The number of hydrazone groups is 1. The van der Waals surface area contributed by atoms with Gasteiger partial charge in [0, 0.05) is 5.02 Å². The highest BCUT2D eigenvalue weighted by Gasteiger charge is 2.14. The number of nitrogens with one attached hydrogen (secondary N) is 1. The van der Waals surface area contributed by atoms with Crippen molar-refractivity contribution in [3.63, 3.8) is 0 Å². The molecule has 9 heteroatoms. The first-order valence-corrected chi connectivity index (χ1v) is 13.0. The molecule has 0 spiro atoms. The highest BCUT2D eigenvalue weighted by molar-refractivity contribution is 7.99. The average Bonchev–Trinajstić information content (AvgIpc) is 2.95. The molecule has 0 atom stereocenters. The Balaban J connectivity index is 1.23. The third-order valence-corrected chi connectivity index (χ3v) is 6.61. The van der Waals surface area contributed by atoms with Crippen LogP contribution < -0.4 is 15.7 Å². The lowest BCUT2D eigenvalue weighted by molar-refractivity contribution is -0.118. The van der Waals surface area contributed by atoms with Crippen molar-refractivity contribution in [2.75, 3.05) is 5.75 Å². The minimum atomic E-state index is -0.323. The quantitative estimate of drug-likeness (QED) is 0.112. The maximum atomic E-state index is 13.2. The smallest absolute Gasteiger partial charge is 0.266 e. The molecule has 1 N–H and O–H groups in total. The van der Waals surface area contributed by atoms with Gasteiger partial charge in [-0.15, -0.1) is 0 Å². The summed E-state index contributed by atoms with van der Waals surface area (Å²) in [6, 6.07) is 30.8. The first-order chi connectivity index (χ1) is 18.6. The minimum absolute atomic E-state index is 0.0306. The van der Waals surface area contributed by atoms with E-state index in [0.29, 0.717) is 38.3 Å². The highest BCUT2D eigenvalue weighted by Crippen LogP contribution is 2.23. The minimum Gasteiger partial charge on any atom is -0.457 e. The van der Waals surface area contributed by atoms with Crippen LogP contribution in [0.4, 0.5) is 0 Å². The number of para-hydroxylation sites is 2. The zero-order valence-corrected chi connectivity index (χ0v) is 21.5. The standard InChI is InChI=1S/C29H21ClN4O3S/c30-21-12-16-24(17-13-21)37-23-14-10-20(11-15-23)18-31-33-27(35)19-38-29-32-26-9-5-4-8-25(26)28(36)34(29)22-6-2-1-3-7-22/h1-18H,19H2,(H,33,35)/b31-18+. The van der Waals surface area contributed by atoms with Gasteiger partial charge >= 0.3 is 0 Å². The Kier molecular flexibility index (Phi) is 7.82. The molecule has 0 fully saturated rings. The Morgan fingerprint density at radius 3 is 2.32 bits per heavy atom. The molecule has 0 unspecified atom stereocenters. The summed E-state index contributed by atoms with van der Waals surface area (Å²) in [5, 5.41) is 5.62. The van der Waals surface area contributed by atoms with Gasteiger partial charge in [-0.2, -0.15) is 5.10 Å². The van der Waals surface area contributed by atoms with Crippen molar-refractivity contribution in [2.24, 2.45) is 5.10 Å². The van der Waals surface area contributed by atoms with Crippen LogP contribution in [0.1, 0.15) is 5.56 Å². The fourth-order valence-corrected chi connectivity index (χ4v) is 4.55. The van der Waals surface area contributed by atoms with Crippen LogP contribution in [-0.2, 0) is 4.79 Å². The lowest BCUT2D eigenvalue weighted by Gasteiger charge is -2.12. The van der Waals surface area contributed by atoms with Crippen LogP contribution in [-0.4, -0.2) is 27.4 Å². The van der Waals surface area contributed by atoms with Crippen LogP contribution in [0.15, 0.2) is 118 Å². The van der Waals surface area contributed by atoms with E-state index in [4.69, 9.17) is 16.3 Å². The number of amides is 1. The first-order valence-electron chi connectivity index (χ1n) is 11.6. The third-order valence-electron chi connectivity index (χ3n) is 5.42. The second-order valence-electron chi connectivity index (χ2n) is 8.09. The molecule has 0 aliphatic carbocycles. The van der Waals surface area contributed by atoms with Gasteiger partial charge in [0.05, 0.1) is 28.6 Å². The maximum absolute atomic E-state index is 13.2. The van der Waals surface area contributed by atoms with Crippen molar-refractivity contribution in [1.29, 1.82) is 0 Å². The summed E-state index contributed by atoms with van der Waals surface area (Å²) < 4.78 is 7.30. The number of benzene rings is 4. The van der Waals surface area contributed by atoms with E-state index in [2.05, 4.69) is 15.5 Å². The molecule has 7 nitrogen and oxygen atoms in total. The number of thioether (sulfide) groups is 1. The summed E-state index contributed by atoms with van der Waals surface area (Å²) in [6.45, 7) is 0. The molecule has 0 aliphatic rings. The van der Waals surface area contributed by atoms with E-state index in [1.54, 1.807) is 48.7 Å². The molecule has 1 aromatic heterocycles. The van der Waals surface area contributed by atoms with Crippen LogP contribution in [0.5, 0.6) is 11.5 Å². The van der Waals surface area contributed by atoms with Crippen LogP contribution in [0, 0.1) is 0 Å². The summed E-state index contributed by atoms with van der Waals surface area (Å²) in [5.41, 5.74) is 4.38. The van der Waals surface area contributed by atoms with Crippen LogP contribution in [0.3, 0.4) is 0 Å². The van der Waals surface area contributed by atoms with Gasteiger partial charge in [0.25, 0.3) is 11.5 Å². The number of rotatable bonds is 8. The van der Waals surface area contributed by atoms with Gasteiger partial charge in [-0.3, -0.25) is 14.2 Å². The Morgan fingerprint density at radius 2 is 1.58 bits per heavy atom. The lowest BCUT2D eigenvalue weighted by Crippen LogP contribution is -2.24. The number of fused-ring (bicyclic) bond motifs is 1. The maximum Gasteiger partial charge on any atom is 0.266 e. The summed E-state index contributed by atoms with van der Waals surface area (Å²) >= 11 is 7.07. The highest BCUT2D eigenvalue weighted by atomic mass is 35.5. The van der Waals surface area contributed by atoms with Gasteiger partial charge in [-0.1, -0.05) is 53.7 Å². The number of hydrogen-bond acceptors (Lipinski definition) is 6. The molecular weight excluding hydrogens is 520 g/mol. The summed E-state index contributed by atoms with van der Waals surface area (Å²) in [6.07, 6.45) is 1.54. The number of halogens is 1. The fourth-order valence-electron chi connectivity index (χ4n) is 3.62. The van der Waals surface area contributed by atoms with Gasteiger partial charge in [0.15, 0.2) is 5.16 Å². The topological polar surface area (TPSA) is 85.6 Å². The van der Waals surface area contributed by atoms with Crippen molar-refractivity contribution in [3.05, 3.63) is 124 Å². The number of carbonyl (C=O) groups excluding carboxylic acids is 1. The van der Waals surface area contributed by atoms with E-state index in [9.17, 15) is 9.59 Å². The molecule has 0 saturated carbocycles. The van der Waals surface area contributed by atoms with E-state index in [0.717, 1.165) is 5.56 Å². The molecule has 1 heterocycles. The molecule has 0 bridgehead atoms. The summed E-state index contributed by atoms with van der Waals surface area (Å²) in [4.78, 5) is 30.4. The van der Waals surface area contributed by atoms with E-state index in [1.165, 1.54) is 16.3 Å². The van der Waals surface area contributed by atoms with Gasteiger partial charge in [0.2, 0.25) is 0 Å². The first kappa shape index (κ1) is 25.3. The van der Waals surface area contributed by atoms with Crippen LogP contribution in [0.25, 0.3) is 16.6 Å². The summed E-state index contributed by atoms with van der Waals surface area (Å²) in [5.74, 6) is 1.05. The largest absolute Gasteiger partial charge is 0.457 e. The molecule has 38 heavy (non-hydrogen) atoms. The molecule has 0 radical (unpaired) electrons. The van der Waals surface area contributed by atoms with Gasteiger partial charge in [-0.05, 0) is 78.4 Å². The third kappa shape index (κ3) is 6.11. The Labute approximate surface area is 227 Å². The average molecular weight is 541 g/mol. The SMILES string of the molecule is O=C(CSc1nc2ccccc2c(=O)n1-c1ccccc1)N/N=C/c1ccc(Oc2ccc(Cl)cc2)cc1. The predicted octanol–water partition coefficient (Wildman–Crippen LogP) is 6.07. The fraction of sp³-hybridized carbons (Fsp3) is 0.0345. The van der Waals surface area contributed by atoms with Crippen LogP contribution in [0.2, 0.25) is 5.02 Å². The van der Waals surface area contributed by atoms with Crippen molar-refractivity contribution in [2.45, 2.75) is 5.16 Å². The normalized spacial score (nSPS) is 11.1. The van der Waals surface area contributed by atoms with Crippen molar-refractivity contribution in [1.82, 2.24) is 15.0 Å². The zero-order valence-electron chi connectivity index (χ0n) is 20.0. The van der Waals surface area contributed by atoms with E-state index >= 15 is 0 Å². The predicted molar refractivity (Wildman–Crippen MR) is 152 cm³/mol. The lowest BCUT2D eigenvalue weighted by atomic mass is 10.2. The van der Waals surface area contributed by atoms with E-state index in [1.807, 2.05) is 60.7 Å². The van der Waals surface area contributed by atoms with Crippen molar-refractivity contribution >= 4 is 46.4 Å². The number of ether oxygens (including phenoxy) is 1. The van der Waals surface area contributed by atoms with Gasteiger partial charge in [0.1, 0.15) is 11.5 Å². The number of hydrogen-bond donors (Lipinski definition) is 1. The number of aromatic nitrogens is 2. The Hall–Kier alpha value is -4.40. The number of nitrogens with zero attached hydrogens (tertiary/aromatic N) is 3. The zero-order chi connectivity index (χ0) is 26.3. The Morgan fingerprint density at radius 1 is 0.921 bits per heavy atom. The van der Waals surface area contributed by atoms with E-state index in [-0.39, 0.29) is 17.2 Å². The van der Waals surface area contributed by atoms with Crippen LogP contribution >= 0.6 is 23.4 Å². The number of carbonyl (C=O) groups is 1. The molecular formula is C29H21ClN4O3S. The second-order valence-corrected chi connectivity index (χ2v) is 9.47.